The molecule has 0 aliphatic carbocycles. The molecule has 0 amide bonds. The number of carbonyl (C=O) groups is 1. The summed E-state index contributed by atoms with van der Waals surface area (Å²) < 4.78 is 72.7. The Morgan fingerprint density at radius 3 is 2.07 bits per heavy atom. The molecular formula is C18H11F5N2O3. The maximum atomic E-state index is 13.7. The van der Waals surface area contributed by atoms with Crippen LogP contribution in [0.3, 0.4) is 0 Å². The van der Waals surface area contributed by atoms with Crippen LogP contribution in [0, 0.1) is 29.1 Å². The number of halogens is 5. The molecule has 2 aromatic carbocycles. The zero-order chi connectivity index (χ0) is 20.6. The number of hydrogen-bond acceptors (Lipinski definition) is 4. The van der Waals surface area contributed by atoms with Gasteiger partial charge in [-0.15, -0.1) is 0 Å². The molecular weight excluding hydrogens is 387 g/mol. The van der Waals surface area contributed by atoms with Crippen LogP contribution in [0.2, 0.25) is 0 Å². The Bertz CT molecular complexity index is 1130. The lowest BCUT2D eigenvalue weighted by Crippen LogP contribution is -2.26. The van der Waals surface area contributed by atoms with Gasteiger partial charge in [-0.05, 0) is 13.0 Å². The summed E-state index contributed by atoms with van der Waals surface area (Å²) >= 11 is 0. The number of carbonyl (C=O) groups excluding carboxylic acids is 1. The van der Waals surface area contributed by atoms with Crippen LogP contribution in [0.25, 0.3) is 10.8 Å². The van der Waals surface area contributed by atoms with E-state index in [1.54, 1.807) is 13.0 Å². The van der Waals surface area contributed by atoms with E-state index in [-0.39, 0.29) is 23.0 Å². The van der Waals surface area contributed by atoms with Crippen molar-refractivity contribution in [1.82, 2.24) is 9.78 Å². The maximum absolute atomic E-state index is 13.7. The number of nitrogens with zero attached hydrogens (tertiary/aromatic N) is 2. The molecule has 0 unspecified atom stereocenters. The minimum Gasteiger partial charge on any atom is -0.456 e. The highest BCUT2D eigenvalue weighted by Gasteiger charge is 2.27. The van der Waals surface area contributed by atoms with Crippen LogP contribution in [0.5, 0.6) is 0 Å². The van der Waals surface area contributed by atoms with Gasteiger partial charge in [0.15, 0.2) is 29.0 Å². The summed E-state index contributed by atoms with van der Waals surface area (Å²) in [4.78, 5) is 24.6. The number of hydrogen-bond donors (Lipinski definition) is 0. The lowest BCUT2D eigenvalue weighted by atomic mass is 10.1. The predicted octanol–water partition coefficient (Wildman–Crippen LogP) is 3.47. The summed E-state index contributed by atoms with van der Waals surface area (Å²) in [6.45, 7) is 0.514. The zero-order valence-corrected chi connectivity index (χ0v) is 14.2. The van der Waals surface area contributed by atoms with Crippen molar-refractivity contribution in [2.24, 2.45) is 0 Å². The van der Waals surface area contributed by atoms with Gasteiger partial charge in [0.1, 0.15) is 6.61 Å². The molecule has 0 radical (unpaired) electrons. The Hall–Kier alpha value is -3.30. The molecule has 0 saturated carbocycles. The fourth-order valence-corrected chi connectivity index (χ4v) is 2.58. The molecule has 0 aliphatic heterocycles. The lowest BCUT2D eigenvalue weighted by molar-refractivity contribution is 0.0454. The Kier molecular flexibility index (Phi) is 5.12. The number of ether oxygens (including phenoxy) is 1. The van der Waals surface area contributed by atoms with Crippen LogP contribution in [0.1, 0.15) is 23.0 Å². The molecule has 3 aromatic rings. The van der Waals surface area contributed by atoms with Gasteiger partial charge in [0.25, 0.3) is 5.56 Å². The summed E-state index contributed by atoms with van der Waals surface area (Å²) in [6, 6.07) is 5.96. The zero-order valence-electron chi connectivity index (χ0n) is 14.2. The maximum Gasteiger partial charge on any atom is 0.359 e. The van der Waals surface area contributed by atoms with E-state index in [2.05, 4.69) is 5.10 Å². The van der Waals surface area contributed by atoms with Gasteiger partial charge in [-0.25, -0.2) is 31.4 Å². The number of aryl methyl sites for hydroxylation is 1. The van der Waals surface area contributed by atoms with E-state index in [1.807, 2.05) is 0 Å². The SMILES string of the molecule is CCn1nc(C(=O)OCc2c(F)c(F)c(F)c(F)c2F)c2ccccc2c1=O. The minimum atomic E-state index is -2.31. The smallest absolute Gasteiger partial charge is 0.359 e. The van der Waals surface area contributed by atoms with Crippen LogP contribution < -0.4 is 5.56 Å². The highest BCUT2D eigenvalue weighted by Crippen LogP contribution is 2.24. The Morgan fingerprint density at radius 2 is 1.50 bits per heavy atom. The van der Waals surface area contributed by atoms with Crippen molar-refractivity contribution < 1.29 is 31.5 Å². The monoisotopic (exact) mass is 398 g/mol. The Labute approximate surface area is 154 Å². The first kappa shape index (κ1) is 19.5. The first-order valence-electron chi connectivity index (χ1n) is 7.95. The number of rotatable bonds is 4. The van der Waals surface area contributed by atoms with Gasteiger partial charge in [-0.1, -0.05) is 18.2 Å². The minimum absolute atomic E-state index is 0.125. The lowest BCUT2D eigenvalue weighted by Gasteiger charge is -2.11. The van der Waals surface area contributed by atoms with Crippen molar-refractivity contribution >= 4 is 16.7 Å². The fraction of sp³-hybridized carbons (Fsp3) is 0.167. The van der Waals surface area contributed by atoms with Crippen molar-refractivity contribution in [2.45, 2.75) is 20.1 Å². The largest absolute Gasteiger partial charge is 0.456 e. The Morgan fingerprint density at radius 1 is 0.964 bits per heavy atom. The third kappa shape index (κ3) is 3.10. The second-order valence-corrected chi connectivity index (χ2v) is 5.64. The van der Waals surface area contributed by atoms with E-state index in [0.717, 1.165) is 4.68 Å². The van der Waals surface area contributed by atoms with E-state index < -0.39 is 52.8 Å². The molecule has 1 heterocycles. The molecule has 0 aliphatic rings. The van der Waals surface area contributed by atoms with Gasteiger partial charge < -0.3 is 4.74 Å². The number of benzene rings is 2. The molecule has 0 bridgehead atoms. The standard InChI is InChI=1S/C18H11F5N2O3/c1-2-25-17(26)9-6-4-3-5-8(9)16(24-25)18(27)28-7-10-11(19)13(21)15(23)14(22)12(10)20/h3-6H,2,7H2,1H3. The van der Waals surface area contributed by atoms with Crippen molar-refractivity contribution in [2.75, 3.05) is 0 Å². The van der Waals surface area contributed by atoms with Gasteiger partial charge in [-0.3, -0.25) is 4.79 Å². The quantitative estimate of drug-likeness (QED) is 0.292. The summed E-state index contributed by atoms with van der Waals surface area (Å²) in [5, 5.41) is 4.14. The first-order chi connectivity index (χ1) is 13.3. The number of aromatic nitrogens is 2. The van der Waals surface area contributed by atoms with Crippen LogP contribution in [0.4, 0.5) is 22.0 Å². The van der Waals surface area contributed by atoms with Crippen LogP contribution in [0.15, 0.2) is 29.1 Å². The third-order valence-electron chi connectivity index (χ3n) is 4.01. The topological polar surface area (TPSA) is 61.2 Å². The van der Waals surface area contributed by atoms with Crippen LogP contribution in [-0.4, -0.2) is 15.7 Å². The Balaban J connectivity index is 2.00. The highest BCUT2D eigenvalue weighted by molar-refractivity contribution is 6.02. The van der Waals surface area contributed by atoms with Gasteiger partial charge >= 0.3 is 5.97 Å². The van der Waals surface area contributed by atoms with E-state index in [4.69, 9.17) is 4.74 Å². The molecule has 10 heteroatoms. The molecule has 5 nitrogen and oxygen atoms in total. The van der Waals surface area contributed by atoms with Gasteiger partial charge in [0.2, 0.25) is 5.82 Å². The number of fused-ring (bicyclic) bond motifs is 1. The molecule has 28 heavy (non-hydrogen) atoms. The van der Waals surface area contributed by atoms with E-state index in [0.29, 0.717) is 0 Å². The van der Waals surface area contributed by atoms with Gasteiger partial charge in [0, 0.05) is 11.9 Å². The van der Waals surface area contributed by atoms with Crippen LogP contribution >= 0.6 is 0 Å². The summed E-state index contributed by atoms with van der Waals surface area (Å²) in [7, 11) is 0. The van der Waals surface area contributed by atoms with E-state index in [9.17, 15) is 31.5 Å². The molecule has 3 rings (SSSR count). The normalized spacial score (nSPS) is 11.1. The molecule has 1 aromatic heterocycles. The molecule has 0 spiro atoms. The van der Waals surface area contributed by atoms with E-state index in [1.165, 1.54) is 18.2 Å². The summed E-state index contributed by atoms with van der Waals surface area (Å²) in [5.74, 6) is -12.0. The van der Waals surface area contributed by atoms with E-state index >= 15 is 0 Å². The second-order valence-electron chi connectivity index (χ2n) is 5.64. The van der Waals surface area contributed by atoms with Gasteiger partial charge in [-0.2, -0.15) is 5.10 Å². The predicted molar refractivity (Wildman–Crippen MR) is 87.0 cm³/mol. The van der Waals surface area contributed by atoms with Crippen molar-refractivity contribution in [3.05, 3.63) is 75.0 Å². The number of esters is 1. The average molecular weight is 398 g/mol. The third-order valence-corrected chi connectivity index (χ3v) is 4.01. The van der Waals surface area contributed by atoms with Gasteiger partial charge in [0.05, 0.1) is 10.9 Å². The second kappa shape index (κ2) is 7.37. The fourth-order valence-electron chi connectivity index (χ4n) is 2.58. The molecule has 0 saturated heterocycles. The molecule has 0 fully saturated rings. The van der Waals surface area contributed by atoms with Crippen molar-refractivity contribution in [1.29, 1.82) is 0 Å². The highest BCUT2D eigenvalue weighted by atomic mass is 19.2. The summed E-state index contributed by atoms with van der Waals surface area (Å²) in [5.41, 5.74) is -2.09. The molecule has 0 atom stereocenters. The molecule has 146 valence electrons. The van der Waals surface area contributed by atoms with Crippen molar-refractivity contribution in [3.63, 3.8) is 0 Å². The summed E-state index contributed by atoms with van der Waals surface area (Å²) in [6.07, 6.45) is 0. The first-order valence-corrected chi connectivity index (χ1v) is 7.95. The van der Waals surface area contributed by atoms with Crippen LogP contribution in [-0.2, 0) is 17.9 Å². The van der Waals surface area contributed by atoms with Crippen molar-refractivity contribution in [3.8, 4) is 0 Å². The average Bonchev–Trinajstić information content (AvgIpc) is 2.71. The molecule has 0 N–H and O–H groups in total.